The molecule has 0 spiro atoms. The molecule has 3 atom stereocenters. The fourth-order valence-corrected chi connectivity index (χ4v) is 1.34. The molecule has 1 fully saturated rings. The summed E-state index contributed by atoms with van der Waals surface area (Å²) in [5.74, 6) is 0.125. The third kappa shape index (κ3) is 1.41. The van der Waals surface area contributed by atoms with Crippen LogP contribution in [0.2, 0.25) is 0 Å². The summed E-state index contributed by atoms with van der Waals surface area (Å²) in [6, 6.07) is 0.00463. The Labute approximate surface area is 54.5 Å². The molecule has 0 aromatic rings. The summed E-state index contributed by atoms with van der Waals surface area (Å²) in [5.41, 5.74) is 5.56. The summed E-state index contributed by atoms with van der Waals surface area (Å²) in [4.78, 5) is 0. The minimum Gasteiger partial charge on any atom is -0.396 e. The minimum atomic E-state index is -0.280. The van der Waals surface area contributed by atoms with E-state index in [4.69, 9.17) is 15.9 Å². The Morgan fingerprint density at radius 3 is 2.33 bits per heavy atom. The zero-order chi connectivity index (χ0) is 6.85. The lowest BCUT2D eigenvalue weighted by molar-refractivity contribution is 0.163. The Bertz CT molecular complexity index is 97.1. The normalized spacial score (nSPS) is 43.7. The first-order chi connectivity index (χ1) is 4.24. The molecule has 0 bridgehead atoms. The van der Waals surface area contributed by atoms with E-state index in [0.717, 1.165) is 0 Å². The fraction of sp³-hybridized carbons (Fsp3) is 1.00. The topological polar surface area (TPSA) is 66.5 Å². The van der Waals surface area contributed by atoms with Crippen LogP contribution < -0.4 is 5.73 Å². The molecule has 0 heterocycles. The average Bonchev–Trinajstić information content (AvgIpc) is 2.10. The molecule has 0 amide bonds. The van der Waals surface area contributed by atoms with Crippen molar-refractivity contribution in [3.63, 3.8) is 0 Å². The minimum absolute atomic E-state index is 0.00463. The molecule has 54 valence electrons. The highest BCUT2D eigenvalue weighted by molar-refractivity contribution is 4.85. The molecule has 0 aromatic carbocycles. The van der Waals surface area contributed by atoms with E-state index in [1.807, 2.05) is 0 Å². The van der Waals surface area contributed by atoms with E-state index < -0.39 is 0 Å². The van der Waals surface area contributed by atoms with Crippen molar-refractivity contribution in [2.24, 2.45) is 11.7 Å². The van der Waals surface area contributed by atoms with Gasteiger partial charge in [0.2, 0.25) is 0 Å². The van der Waals surface area contributed by atoms with Gasteiger partial charge in [0.25, 0.3) is 0 Å². The van der Waals surface area contributed by atoms with E-state index in [1.54, 1.807) is 0 Å². The molecule has 0 unspecified atom stereocenters. The van der Waals surface area contributed by atoms with E-state index >= 15 is 0 Å². The Hall–Kier alpha value is -0.120. The summed E-state index contributed by atoms with van der Waals surface area (Å²) < 4.78 is 0. The number of nitrogens with two attached hydrogens (primary N) is 1. The number of hydrogen-bond donors (Lipinski definition) is 3. The van der Waals surface area contributed by atoms with Gasteiger partial charge in [0.1, 0.15) is 0 Å². The van der Waals surface area contributed by atoms with Crippen LogP contribution in [0.4, 0.5) is 0 Å². The summed E-state index contributed by atoms with van der Waals surface area (Å²) in [7, 11) is 0. The largest absolute Gasteiger partial charge is 0.396 e. The van der Waals surface area contributed by atoms with Crippen molar-refractivity contribution in [3.8, 4) is 0 Å². The zero-order valence-electron chi connectivity index (χ0n) is 5.33. The molecule has 1 saturated carbocycles. The fourth-order valence-electron chi connectivity index (χ4n) is 1.34. The van der Waals surface area contributed by atoms with Crippen molar-refractivity contribution < 1.29 is 10.2 Å². The van der Waals surface area contributed by atoms with Gasteiger partial charge in [0.05, 0.1) is 6.10 Å². The van der Waals surface area contributed by atoms with Gasteiger partial charge in [-0.2, -0.15) is 0 Å². The molecule has 0 aliphatic heterocycles. The predicted molar refractivity (Wildman–Crippen MR) is 33.8 cm³/mol. The summed E-state index contributed by atoms with van der Waals surface area (Å²) >= 11 is 0. The van der Waals surface area contributed by atoms with Crippen LogP contribution >= 0.6 is 0 Å². The van der Waals surface area contributed by atoms with Crippen LogP contribution in [-0.2, 0) is 0 Å². The molecule has 0 saturated heterocycles. The van der Waals surface area contributed by atoms with Crippen molar-refractivity contribution in [3.05, 3.63) is 0 Å². The average molecular weight is 131 g/mol. The first kappa shape index (κ1) is 6.99. The van der Waals surface area contributed by atoms with Gasteiger partial charge in [-0.25, -0.2) is 0 Å². The molecule has 1 rings (SSSR count). The maximum Gasteiger partial charge on any atom is 0.0559 e. The molecule has 1 aliphatic carbocycles. The van der Waals surface area contributed by atoms with Gasteiger partial charge in [-0.3, -0.25) is 0 Å². The summed E-state index contributed by atoms with van der Waals surface area (Å²) in [5, 5.41) is 17.7. The maximum absolute atomic E-state index is 9.01. The van der Waals surface area contributed by atoms with Crippen LogP contribution in [0.25, 0.3) is 0 Å². The number of rotatable bonds is 1. The van der Waals surface area contributed by atoms with Crippen molar-refractivity contribution >= 4 is 0 Å². The van der Waals surface area contributed by atoms with Crippen molar-refractivity contribution in [2.45, 2.75) is 25.0 Å². The van der Waals surface area contributed by atoms with Crippen LogP contribution in [0.1, 0.15) is 12.8 Å². The van der Waals surface area contributed by atoms with Gasteiger partial charge >= 0.3 is 0 Å². The molecule has 3 heteroatoms. The molecule has 3 nitrogen and oxygen atoms in total. The van der Waals surface area contributed by atoms with Crippen LogP contribution in [0.5, 0.6) is 0 Å². The number of aliphatic hydroxyl groups excluding tert-OH is 2. The standard InChI is InChI=1S/C6H13NO2/c7-6-2-5(9)1-4(6)3-8/h4-6,8-9H,1-3,7H2/t4-,5-,6+/m1/s1. The number of aliphatic hydroxyl groups is 2. The molecule has 4 N–H and O–H groups in total. The lowest BCUT2D eigenvalue weighted by atomic mass is 10.1. The van der Waals surface area contributed by atoms with Gasteiger partial charge in [0, 0.05) is 12.6 Å². The summed E-state index contributed by atoms with van der Waals surface area (Å²) in [6.07, 6.45) is 1.03. The van der Waals surface area contributed by atoms with E-state index in [0.29, 0.717) is 12.8 Å². The molecule has 0 aromatic heterocycles. The Morgan fingerprint density at radius 2 is 2.11 bits per heavy atom. The lowest BCUT2D eigenvalue weighted by Crippen LogP contribution is -2.26. The highest BCUT2D eigenvalue weighted by Gasteiger charge is 2.29. The monoisotopic (exact) mass is 131 g/mol. The van der Waals surface area contributed by atoms with Crippen LogP contribution in [-0.4, -0.2) is 29.0 Å². The number of hydrogen-bond acceptors (Lipinski definition) is 3. The predicted octanol–water partition coefficient (Wildman–Crippen LogP) is -0.923. The Balaban J connectivity index is 2.38. The van der Waals surface area contributed by atoms with Gasteiger partial charge in [0.15, 0.2) is 0 Å². The smallest absolute Gasteiger partial charge is 0.0559 e. The summed E-state index contributed by atoms with van der Waals surface area (Å²) in [6.45, 7) is 0.109. The van der Waals surface area contributed by atoms with Crippen LogP contribution in [0.15, 0.2) is 0 Å². The van der Waals surface area contributed by atoms with Gasteiger partial charge in [-0.15, -0.1) is 0 Å². The van der Waals surface area contributed by atoms with Crippen molar-refractivity contribution in [2.75, 3.05) is 6.61 Å². The molecule has 1 aliphatic rings. The first-order valence-corrected chi connectivity index (χ1v) is 3.28. The van der Waals surface area contributed by atoms with Gasteiger partial charge < -0.3 is 15.9 Å². The van der Waals surface area contributed by atoms with E-state index in [1.165, 1.54) is 0 Å². The van der Waals surface area contributed by atoms with Gasteiger partial charge in [-0.1, -0.05) is 0 Å². The highest BCUT2D eigenvalue weighted by atomic mass is 16.3. The zero-order valence-corrected chi connectivity index (χ0v) is 5.33. The Kier molecular flexibility index (Phi) is 2.05. The maximum atomic E-state index is 9.01. The van der Waals surface area contributed by atoms with E-state index in [-0.39, 0.29) is 24.7 Å². The van der Waals surface area contributed by atoms with Crippen LogP contribution in [0, 0.1) is 5.92 Å². The quantitative estimate of drug-likeness (QED) is 0.431. The van der Waals surface area contributed by atoms with Gasteiger partial charge in [-0.05, 0) is 18.8 Å². The third-order valence-corrected chi connectivity index (χ3v) is 1.96. The molecule has 9 heavy (non-hydrogen) atoms. The van der Waals surface area contributed by atoms with E-state index in [9.17, 15) is 0 Å². The SMILES string of the molecule is N[C@H]1C[C@H](O)C[C@@H]1CO. The highest BCUT2D eigenvalue weighted by Crippen LogP contribution is 2.23. The Morgan fingerprint density at radius 1 is 1.44 bits per heavy atom. The second-order valence-corrected chi connectivity index (χ2v) is 2.73. The lowest BCUT2D eigenvalue weighted by Gasteiger charge is -2.09. The first-order valence-electron chi connectivity index (χ1n) is 3.28. The molecular weight excluding hydrogens is 118 g/mol. The van der Waals surface area contributed by atoms with Crippen LogP contribution in [0.3, 0.4) is 0 Å². The molecule has 0 radical (unpaired) electrons. The second kappa shape index (κ2) is 2.64. The van der Waals surface area contributed by atoms with Crippen molar-refractivity contribution in [1.29, 1.82) is 0 Å². The third-order valence-electron chi connectivity index (χ3n) is 1.96. The molecular formula is C6H13NO2. The second-order valence-electron chi connectivity index (χ2n) is 2.73. The van der Waals surface area contributed by atoms with E-state index in [2.05, 4.69) is 0 Å². The van der Waals surface area contributed by atoms with Crippen molar-refractivity contribution in [1.82, 2.24) is 0 Å².